The molecule has 4 aromatic carbocycles. The van der Waals surface area contributed by atoms with Gasteiger partial charge in [0.15, 0.2) is 0 Å². The van der Waals surface area contributed by atoms with Gasteiger partial charge in [-0.05, 0) is 101 Å². The van der Waals surface area contributed by atoms with Gasteiger partial charge in [-0.3, -0.25) is 0 Å². The molecule has 1 heterocycles. The van der Waals surface area contributed by atoms with E-state index in [1.807, 2.05) is 22.9 Å². The zero-order valence-electron chi connectivity index (χ0n) is 20.3. The molecule has 1 atom stereocenters. The van der Waals surface area contributed by atoms with Gasteiger partial charge in [-0.25, -0.2) is 4.68 Å². The summed E-state index contributed by atoms with van der Waals surface area (Å²) in [5.41, 5.74) is 14.2. The van der Waals surface area contributed by atoms with Crippen molar-refractivity contribution in [1.29, 1.82) is 0 Å². The van der Waals surface area contributed by atoms with E-state index >= 15 is 0 Å². The fraction of sp³-hybridized carbons (Fsp3) is 0.152. The fourth-order valence-electron chi connectivity index (χ4n) is 7.04. The molecule has 0 bridgehead atoms. The van der Waals surface area contributed by atoms with Crippen molar-refractivity contribution in [3.63, 3.8) is 0 Å². The van der Waals surface area contributed by atoms with Gasteiger partial charge in [-0.1, -0.05) is 87.9 Å². The maximum Gasteiger partial charge on any atom is 0.113 e. The Bertz CT molecular complexity index is 1810. The van der Waals surface area contributed by atoms with Crippen LogP contribution in [0.25, 0.3) is 16.7 Å². The van der Waals surface area contributed by atoms with E-state index in [1.54, 1.807) is 5.57 Å². The zero-order chi connectivity index (χ0) is 24.6. The van der Waals surface area contributed by atoms with E-state index in [2.05, 4.69) is 105 Å². The SMILES string of the molecule is Brc1cccc2c1Cc1ccccc1C21C2=C(C=CCC2)Cc2cc(-n3nnc4ccccc43)ccc21. The van der Waals surface area contributed by atoms with Crippen LogP contribution in [0, 0.1) is 0 Å². The normalized spacial score (nSPS) is 19.5. The number of allylic oxidation sites excluding steroid dienone is 4. The summed E-state index contributed by atoms with van der Waals surface area (Å²) < 4.78 is 3.17. The summed E-state index contributed by atoms with van der Waals surface area (Å²) in [6.07, 6.45) is 8.80. The summed E-state index contributed by atoms with van der Waals surface area (Å²) in [6.45, 7) is 0. The van der Waals surface area contributed by atoms with E-state index in [1.165, 1.54) is 43.4 Å². The molecule has 0 saturated heterocycles. The lowest BCUT2D eigenvalue weighted by Crippen LogP contribution is -2.41. The standard InChI is InChI=1S/C33H24BrN3/c34-30-13-7-12-29-25(30)20-22-9-2-4-11-27(22)33(29)26-10-3-1-8-21(26)18-23-19-24(16-17-28(23)33)37-32-15-6-5-14-31(32)35-36-37/h1-2,4-9,11-17,19H,3,10,18,20H2. The molecule has 0 aliphatic heterocycles. The third-order valence-corrected chi connectivity index (χ3v) is 9.24. The highest BCUT2D eigenvalue weighted by Gasteiger charge is 2.49. The Labute approximate surface area is 224 Å². The van der Waals surface area contributed by atoms with E-state index in [9.17, 15) is 0 Å². The summed E-state index contributed by atoms with van der Waals surface area (Å²) in [5.74, 6) is 0. The third kappa shape index (κ3) is 2.88. The number of rotatable bonds is 1. The molecule has 37 heavy (non-hydrogen) atoms. The first-order valence-electron chi connectivity index (χ1n) is 12.9. The molecule has 1 unspecified atom stereocenters. The molecule has 4 heteroatoms. The molecule has 3 nitrogen and oxygen atoms in total. The van der Waals surface area contributed by atoms with Crippen molar-refractivity contribution in [3.05, 3.63) is 146 Å². The van der Waals surface area contributed by atoms with Crippen LogP contribution >= 0.6 is 15.9 Å². The van der Waals surface area contributed by atoms with Crippen LogP contribution in [-0.2, 0) is 18.3 Å². The summed E-state index contributed by atoms with van der Waals surface area (Å²) in [7, 11) is 0. The van der Waals surface area contributed by atoms with Crippen molar-refractivity contribution in [3.8, 4) is 5.69 Å². The molecule has 3 aliphatic carbocycles. The van der Waals surface area contributed by atoms with Crippen LogP contribution in [0.5, 0.6) is 0 Å². The predicted octanol–water partition coefficient (Wildman–Crippen LogP) is 7.62. The molecule has 5 aromatic rings. The van der Waals surface area contributed by atoms with Crippen LogP contribution in [-0.4, -0.2) is 15.0 Å². The minimum Gasteiger partial charge on any atom is -0.213 e. The molecule has 0 N–H and O–H groups in total. The smallest absolute Gasteiger partial charge is 0.113 e. The second-order valence-corrected chi connectivity index (χ2v) is 11.2. The number of aromatic nitrogens is 3. The Kier molecular flexibility index (Phi) is 4.54. The average Bonchev–Trinajstić information content (AvgIpc) is 3.38. The third-order valence-electron chi connectivity index (χ3n) is 8.50. The van der Waals surface area contributed by atoms with Gasteiger partial charge in [0.2, 0.25) is 0 Å². The van der Waals surface area contributed by atoms with E-state index in [4.69, 9.17) is 0 Å². The van der Waals surface area contributed by atoms with E-state index < -0.39 is 0 Å². The molecular formula is C33H24BrN3. The Morgan fingerprint density at radius 1 is 0.784 bits per heavy atom. The van der Waals surface area contributed by atoms with Gasteiger partial charge < -0.3 is 0 Å². The van der Waals surface area contributed by atoms with Gasteiger partial charge in [0, 0.05) is 4.47 Å². The van der Waals surface area contributed by atoms with Crippen LogP contribution in [0.4, 0.5) is 0 Å². The van der Waals surface area contributed by atoms with Gasteiger partial charge in [0.05, 0.1) is 16.6 Å². The first kappa shape index (κ1) is 21.3. The number of halogens is 1. The van der Waals surface area contributed by atoms with Crippen LogP contribution in [0.3, 0.4) is 0 Å². The zero-order valence-corrected chi connectivity index (χ0v) is 21.9. The Morgan fingerprint density at radius 2 is 1.62 bits per heavy atom. The summed E-state index contributed by atoms with van der Waals surface area (Å²) in [4.78, 5) is 0. The van der Waals surface area contributed by atoms with Crippen molar-refractivity contribution in [1.82, 2.24) is 15.0 Å². The minimum absolute atomic E-state index is 0.287. The minimum atomic E-state index is -0.287. The molecule has 3 aliphatic rings. The quantitative estimate of drug-likeness (QED) is 0.218. The lowest BCUT2D eigenvalue weighted by atomic mass is 9.54. The molecule has 8 rings (SSSR count). The van der Waals surface area contributed by atoms with Gasteiger partial charge in [0.1, 0.15) is 5.52 Å². The molecule has 1 spiro atoms. The second-order valence-electron chi connectivity index (χ2n) is 10.3. The van der Waals surface area contributed by atoms with Gasteiger partial charge in [-0.15, -0.1) is 5.10 Å². The van der Waals surface area contributed by atoms with Crippen molar-refractivity contribution in [2.75, 3.05) is 0 Å². The first-order valence-corrected chi connectivity index (χ1v) is 13.7. The highest BCUT2D eigenvalue weighted by atomic mass is 79.9. The number of nitrogens with zero attached hydrogens (tertiary/aromatic N) is 3. The maximum atomic E-state index is 4.52. The molecule has 1 aromatic heterocycles. The van der Waals surface area contributed by atoms with Crippen LogP contribution in [0.1, 0.15) is 46.2 Å². The number of hydrogen-bond acceptors (Lipinski definition) is 2. The average molecular weight is 542 g/mol. The largest absolute Gasteiger partial charge is 0.213 e. The number of hydrogen-bond donors (Lipinski definition) is 0. The molecule has 0 amide bonds. The van der Waals surface area contributed by atoms with E-state index in [0.29, 0.717) is 0 Å². The monoisotopic (exact) mass is 541 g/mol. The number of para-hydroxylation sites is 1. The van der Waals surface area contributed by atoms with E-state index in [-0.39, 0.29) is 5.41 Å². The highest BCUT2D eigenvalue weighted by molar-refractivity contribution is 9.10. The van der Waals surface area contributed by atoms with Crippen molar-refractivity contribution in [2.24, 2.45) is 0 Å². The fourth-order valence-corrected chi connectivity index (χ4v) is 7.55. The van der Waals surface area contributed by atoms with Crippen LogP contribution < -0.4 is 0 Å². The van der Waals surface area contributed by atoms with E-state index in [0.717, 1.165) is 42.4 Å². The molecule has 0 fully saturated rings. The van der Waals surface area contributed by atoms with Gasteiger partial charge in [0.25, 0.3) is 0 Å². The lowest BCUT2D eigenvalue weighted by Gasteiger charge is -2.48. The Hall–Kier alpha value is -3.76. The van der Waals surface area contributed by atoms with Crippen LogP contribution in [0.2, 0.25) is 0 Å². The number of fused-ring (bicyclic) bond motifs is 8. The molecule has 178 valence electrons. The number of benzene rings is 4. The summed E-state index contributed by atoms with van der Waals surface area (Å²) >= 11 is 3.92. The predicted molar refractivity (Wildman–Crippen MR) is 151 cm³/mol. The topological polar surface area (TPSA) is 30.7 Å². The van der Waals surface area contributed by atoms with Crippen molar-refractivity contribution < 1.29 is 0 Å². The highest BCUT2D eigenvalue weighted by Crippen LogP contribution is 2.57. The van der Waals surface area contributed by atoms with Crippen LogP contribution in [0.15, 0.2) is 113 Å². The van der Waals surface area contributed by atoms with Gasteiger partial charge >= 0.3 is 0 Å². The van der Waals surface area contributed by atoms with Crippen molar-refractivity contribution >= 4 is 27.0 Å². The maximum absolute atomic E-state index is 4.52. The Morgan fingerprint density at radius 3 is 2.59 bits per heavy atom. The summed E-state index contributed by atoms with van der Waals surface area (Å²) in [5, 5.41) is 8.93. The molecular weight excluding hydrogens is 518 g/mol. The Balaban J connectivity index is 1.46. The summed E-state index contributed by atoms with van der Waals surface area (Å²) in [6, 6.07) is 31.0. The van der Waals surface area contributed by atoms with Crippen molar-refractivity contribution in [2.45, 2.75) is 31.1 Å². The first-order chi connectivity index (χ1) is 18.2. The molecule has 0 radical (unpaired) electrons. The second kappa shape index (κ2) is 7.87. The lowest BCUT2D eigenvalue weighted by molar-refractivity contribution is 0.615. The molecule has 0 saturated carbocycles. The van der Waals surface area contributed by atoms with Gasteiger partial charge in [-0.2, -0.15) is 0 Å².